The van der Waals surface area contributed by atoms with E-state index in [-0.39, 0.29) is 12.1 Å². The number of anilines is 1. The molecule has 3 aromatic rings. The maximum absolute atomic E-state index is 5.91. The van der Waals surface area contributed by atoms with Crippen molar-refractivity contribution in [3.8, 4) is 11.5 Å². The van der Waals surface area contributed by atoms with Gasteiger partial charge in [0.2, 0.25) is 0 Å². The fourth-order valence-corrected chi connectivity index (χ4v) is 5.59. The number of aromatic nitrogens is 2. The van der Waals surface area contributed by atoms with Gasteiger partial charge in [-0.15, -0.1) is 0 Å². The quantitative estimate of drug-likeness (QED) is 0.483. The van der Waals surface area contributed by atoms with Crippen LogP contribution in [-0.4, -0.2) is 28.9 Å². The van der Waals surface area contributed by atoms with Gasteiger partial charge in [0, 0.05) is 30.2 Å². The topological polar surface area (TPSA) is 51.5 Å². The van der Waals surface area contributed by atoms with Crippen molar-refractivity contribution in [1.29, 1.82) is 0 Å². The molecule has 2 fully saturated rings. The summed E-state index contributed by atoms with van der Waals surface area (Å²) < 4.78 is 13.7. The van der Waals surface area contributed by atoms with Crippen LogP contribution in [0, 0.1) is 0 Å². The van der Waals surface area contributed by atoms with Gasteiger partial charge >= 0.3 is 0 Å². The third-order valence-corrected chi connectivity index (χ3v) is 7.14. The monoisotopic (exact) mass is 462 g/mol. The van der Waals surface area contributed by atoms with E-state index in [4.69, 9.17) is 21.7 Å². The highest BCUT2D eigenvalue weighted by Gasteiger charge is 2.43. The van der Waals surface area contributed by atoms with Crippen molar-refractivity contribution in [2.24, 2.45) is 0 Å². The molecule has 0 radical (unpaired) electrons. The number of methoxy groups -OCH3 is 2. The van der Waals surface area contributed by atoms with Gasteiger partial charge in [0.05, 0.1) is 31.6 Å². The van der Waals surface area contributed by atoms with Crippen molar-refractivity contribution in [2.45, 2.75) is 50.2 Å². The van der Waals surface area contributed by atoms with E-state index in [1.165, 1.54) is 37.8 Å². The van der Waals surface area contributed by atoms with Gasteiger partial charge < -0.3 is 24.3 Å². The van der Waals surface area contributed by atoms with E-state index in [0.29, 0.717) is 11.2 Å². The molecule has 1 aliphatic carbocycles. The van der Waals surface area contributed by atoms with Crippen molar-refractivity contribution in [1.82, 2.24) is 14.9 Å². The molecular formula is C26H30N4O2S. The first kappa shape index (κ1) is 21.8. The molecule has 1 N–H and O–H groups in total. The fraction of sp³-hybridized carbons (Fsp3) is 0.385. The Morgan fingerprint density at radius 1 is 1.00 bits per heavy atom. The summed E-state index contributed by atoms with van der Waals surface area (Å²) in [6.45, 7) is 0. The maximum Gasteiger partial charge on any atom is 0.174 e. The van der Waals surface area contributed by atoms with Crippen LogP contribution in [0.3, 0.4) is 0 Å². The van der Waals surface area contributed by atoms with Crippen LogP contribution in [-0.2, 0) is 0 Å². The van der Waals surface area contributed by atoms with E-state index in [0.717, 1.165) is 22.9 Å². The molecule has 5 rings (SSSR count). The summed E-state index contributed by atoms with van der Waals surface area (Å²) in [4.78, 5) is 6.87. The zero-order valence-corrected chi connectivity index (χ0v) is 19.9. The highest BCUT2D eigenvalue weighted by Crippen LogP contribution is 2.46. The number of hydrogen-bond acceptors (Lipinski definition) is 4. The van der Waals surface area contributed by atoms with Gasteiger partial charge in [-0.05, 0) is 61.5 Å². The number of hydrogen-bond donors (Lipinski definition) is 1. The number of benzene rings is 1. The van der Waals surface area contributed by atoms with Crippen LogP contribution in [0.2, 0.25) is 0 Å². The molecule has 0 spiro atoms. The molecule has 1 saturated heterocycles. The van der Waals surface area contributed by atoms with Crippen LogP contribution < -0.4 is 19.7 Å². The number of thiocarbonyl (C=S) groups is 1. The number of pyridine rings is 1. The minimum absolute atomic E-state index is 0.0633. The predicted molar refractivity (Wildman–Crippen MR) is 134 cm³/mol. The zero-order valence-electron chi connectivity index (χ0n) is 19.1. The van der Waals surface area contributed by atoms with Crippen LogP contribution in [0.25, 0.3) is 0 Å². The lowest BCUT2D eigenvalue weighted by molar-refractivity contribution is 0.339. The Bertz CT molecular complexity index is 1110. The molecule has 0 amide bonds. The third-order valence-electron chi connectivity index (χ3n) is 6.83. The van der Waals surface area contributed by atoms with Crippen molar-refractivity contribution in [2.75, 3.05) is 19.1 Å². The van der Waals surface area contributed by atoms with Gasteiger partial charge in [0.25, 0.3) is 0 Å². The molecule has 6 nitrogen and oxygen atoms in total. The zero-order chi connectivity index (χ0) is 22.8. The first-order valence-electron chi connectivity index (χ1n) is 11.6. The lowest BCUT2D eigenvalue weighted by Gasteiger charge is -2.33. The lowest BCUT2D eigenvalue weighted by Crippen LogP contribution is -2.31. The number of nitrogens with one attached hydrogen (secondary N) is 1. The molecule has 1 saturated carbocycles. The fourth-order valence-electron chi connectivity index (χ4n) is 5.25. The Hall–Kier alpha value is -3.06. The Morgan fingerprint density at radius 2 is 1.85 bits per heavy atom. The number of nitrogens with zero attached hydrogens (tertiary/aromatic N) is 3. The minimum Gasteiger partial charge on any atom is -0.497 e. The summed E-state index contributed by atoms with van der Waals surface area (Å²) in [5, 5.41) is 4.22. The first-order valence-corrected chi connectivity index (χ1v) is 12.0. The molecule has 172 valence electrons. The molecule has 1 aromatic carbocycles. The second-order valence-corrected chi connectivity index (χ2v) is 9.05. The second-order valence-electron chi connectivity index (χ2n) is 8.67. The summed E-state index contributed by atoms with van der Waals surface area (Å²) in [5.41, 5.74) is 3.12. The van der Waals surface area contributed by atoms with Gasteiger partial charge in [-0.2, -0.15) is 0 Å². The molecular weight excluding hydrogens is 432 g/mol. The molecule has 0 unspecified atom stereocenters. The standard InChI is InChI=1S/C26H30N4O2S/c1-31-19-13-14-21(23(17-19)32-2)30-25(24(28-26(30)33)20-11-6-7-15-27-20)22-12-8-16-29(22)18-9-4-3-5-10-18/h6-8,11-18,24-25H,3-5,9-10H2,1-2H3,(H,28,33)/t24-,25-/m1/s1. The Labute approximate surface area is 200 Å². The average Bonchev–Trinajstić information content (AvgIpc) is 3.49. The van der Waals surface area contributed by atoms with Crippen LogP contribution >= 0.6 is 12.2 Å². The van der Waals surface area contributed by atoms with Gasteiger partial charge in [-0.1, -0.05) is 25.3 Å². The summed E-state index contributed by atoms with van der Waals surface area (Å²) in [7, 11) is 3.34. The molecule has 2 aromatic heterocycles. The first-order chi connectivity index (χ1) is 16.2. The smallest absolute Gasteiger partial charge is 0.174 e. The Balaban J connectivity index is 1.63. The van der Waals surface area contributed by atoms with E-state index in [1.807, 2.05) is 36.5 Å². The van der Waals surface area contributed by atoms with Gasteiger partial charge in [0.15, 0.2) is 5.11 Å². The van der Waals surface area contributed by atoms with E-state index in [9.17, 15) is 0 Å². The summed E-state index contributed by atoms with van der Waals surface area (Å²) >= 11 is 5.91. The molecule has 1 aliphatic heterocycles. The molecule has 3 heterocycles. The van der Waals surface area contributed by atoms with Crippen molar-refractivity contribution < 1.29 is 9.47 Å². The van der Waals surface area contributed by atoms with Crippen LogP contribution in [0.1, 0.15) is 61.6 Å². The largest absolute Gasteiger partial charge is 0.497 e. The van der Waals surface area contributed by atoms with Gasteiger partial charge in [-0.3, -0.25) is 4.98 Å². The van der Waals surface area contributed by atoms with Crippen LogP contribution in [0.4, 0.5) is 5.69 Å². The summed E-state index contributed by atoms with van der Waals surface area (Å²) in [6.07, 6.45) is 10.4. The molecule has 2 atom stereocenters. The van der Waals surface area contributed by atoms with Crippen LogP contribution in [0.15, 0.2) is 60.9 Å². The van der Waals surface area contributed by atoms with Gasteiger partial charge in [-0.25, -0.2) is 0 Å². The lowest BCUT2D eigenvalue weighted by atomic mass is 9.94. The highest BCUT2D eigenvalue weighted by atomic mass is 32.1. The van der Waals surface area contributed by atoms with Crippen LogP contribution in [0.5, 0.6) is 11.5 Å². The highest BCUT2D eigenvalue weighted by molar-refractivity contribution is 7.80. The maximum atomic E-state index is 5.91. The van der Waals surface area contributed by atoms with Crippen molar-refractivity contribution >= 4 is 23.0 Å². The van der Waals surface area contributed by atoms with E-state index in [2.05, 4.69) is 44.2 Å². The molecule has 0 bridgehead atoms. The van der Waals surface area contributed by atoms with Crippen molar-refractivity contribution in [3.63, 3.8) is 0 Å². The van der Waals surface area contributed by atoms with E-state index < -0.39 is 0 Å². The SMILES string of the molecule is COc1ccc(N2C(=S)N[C@H](c3ccccn3)[C@H]2c2cccn2C2CCCCC2)c(OC)c1. The normalized spacial score (nSPS) is 21.2. The van der Waals surface area contributed by atoms with E-state index >= 15 is 0 Å². The number of ether oxygens (including phenoxy) is 2. The second kappa shape index (κ2) is 9.43. The van der Waals surface area contributed by atoms with Gasteiger partial charge in [0.1, 0.15) is 17.5 Å². The summed E-state index contributed by atoms with van der Waals surface area (Å²) in [6, 6.07) is 16.7. The molecule has 2 aliphatic rings. The Kier molecular flexibility index (Phi) is 6.22. The minimum atomic E-state index is -0.0808. The average molecular weight is 463 g/mol. The molecule has 33 heavy (non-hydrogen) atoms. The number of rotatable bonds is 6. The Morgan fingerprint density at radius 3 is 2.58 bits per heavy atom. The third kappa shape index (κ3) is 4.06. The predicted octanol–water partition coefficient (Wildman–Crippen LogP) is 5.58. The molecule has 7 heteroatoms. The summed E-state index contributed by atoms with van der Waals surface area (Å²) in [5.74, 6) is 1.47. The van der Waals surface area contributed by atoms with Crippen molar-refractivity contribution in [3.05, 3.63) is 72.3 Å². The van der Waals surface area contributed by atoms with E-state index in [1.54, 1.807) is 14.2 Å².